The van der Waals surface area contributed by atoms with Crippen LogP contribution in [0.5, 0.6) is 5.75 Å². The lowest BCUT2D eigenvalue weighted by Crippen LogP contribution is -2.07. The molecular formula is C18H16F3N3O3. The van der Waals surface area contributed by atoms with Gasteiger partial charge in [-0.15, -0.1) is 0 Å². The summed E-state index contributed by atoms with van der Waals surface area (Å²) < 4.78 is 49.0. The summed E-state index contributed by atoms with van der Waals surface area (Å²) in [6.07, 6.45) is -4.53. The normalized spacial score (nSPS) is 10.9. The highest BCUT2D eigenvalue weighted by atomic mass is 19.4. The molecule has 6 nitrogen and oxygen atoms in total. The molecule has 0 fully saturated rings. The molecule has 0 N–H and O–H groups in total. The van der Waals surface area contributed by atoms with Crippen LogP contribution in [0.25, 0.3) is 21.6 Å². The van der Waals surface area contributed by atoms with Crippen molar-refractivity contribution in [2.45, 2.75) is 19.1 Å². The summed E-state index contributed by atoms with van der Waals surface area (Å²) in [6.45, 7) is -0.264. The Bertz CT molecular complexity index is 891. The molecule has 0 bridgehead atoms. The number of azide groups is 1. The first-order valence-electron chi connectivity index (χ1n) is 7.75. The van der Waals surface area contributed by atoms with E-state index in [9.17, 15) is 18.0 Å². The molecular weight excluding hydrogens is 363 g/mol. The minimum atomic E-state index is -4.53. The smallest absolute Gasteiger partial charge is 0.416 e. The molecule has 0 aliphatic carbocycles. The second-order valence-electron chi connectivity index (χ2n) is 5.55. The number of carbonyl (C=O) groups is 1. The summed E-state index contributed by atoms with van der Waals surface area (Å²) in [5.74, 6) is -0.0431. The maximum atomic E-state index is 13.0. The Kier molecular flexibility index (Phi) is 6.31. The van der Waals surface area contributed by atoms with E-state index < -0.39 is 17.7 Å². The third-order valence-corrected chi connectivity index (χ3v) is 3.87. The molecule has 0 aromatic heterocycles. The number of benzene rings is 2. The fourth-order valence-electron chi connectivity index (χ4n) is 2.59. The Balaban J connectivity index is 2.62. The second kappa shape index (κ2) is 8.46. The Hall–Kier alpha value is -3.19. The number of ether oxygens (including phenoxy) is 2. The molecule has 142 valence electrons. The first-order chi connectivity index (χ1) is 12.8. The van der Waals surface area contributed by atoms with Crippen molar-refractivity contribution < 1.29 is 27.4 Å². The zero-order valence-electron chi connectivity index (χ0n) is 14.6. The molecule has 2 aromatic rings. The fraction of sp³-hybridized carbons (Fsp3) is 0.278. The molecule has 0 saturated heterocycles. The maximum absolute atomic E-state index is 13.0. The lowest BCUT2D eigenvalue weighted by Gasteiger charge is -2.16. The van der Waals surface area contributed by atoms with Crippen LogP contribution in [-0.4, -0.2) is 20.2 Å². The molecule has 0 spiro atoms. The van der Waals surface area contributed by atoms with Gasteiger partial charge in [0.15, 0.2) is 0 Å². The van der Waals surface area contributed by atoms with Gasteiger partial charge < -0.3 is 9.47 Å². The van der Waals surface area contributed by atoms with Crippen LogP contribution >= 0.6 is 0 Å². The number of hydrogen-bond acceptors (Lipinski definition) is 4. The number of alkyl halides is 3. The molecule has 0 amide bonds. The monoisotopic (exact) mass is 379 g/mol. The predicted molar refractivity (Wildman–Crippen MR) is 92.0 cm³/mol. The fourth-order valence-corrected chi connectivity index (χ4v) is 2.59. The van der Waals surface area contributed by atoms with Gasteiger partial charge in [0.2, 0.25) is 0 Å². The van der Waals surface area contributed by atoms with Crippen molar-refractivity contribution in [1.29, 1.82) is 0 Å². The minimum absolute atomic E-state index is 0.000188. The minimum Gasteiger partial charge on any atom is -0.496 e. The molecule has 0 unspecified atom stereocenters. The lowest BCUT2D eigenvalue weighted by atomic mass is 9.94. The van der Waals surface area contributed by atoms with Crippen molar-refractivity contribution in [1.82, 2.24) is 0 Å². The summed E-state index contributed by atoms with van der Waals surface area (Å²) in [5, 5.41) is 3.39. The summed E-state index contributed by atoms with van der Waals surface area (Å²) in [6, 6.07) is 8.10. The van der Waals surface area contributed by atoms with Crippen LogP contribution in [0.4, 0.5) is 13.2 Å². The average Bonchev–Trinajstić information content (AvgIpc) is 2.65. The van der Waals surface area contributed by atoms with Gasteiger partial charge in [-0.05, 0) is 46.5 Å². The average molecular weight is 379 g/mol. The zero-order valence-corrected chi connectivity index (χ0v) is 14.6. The highest BCUT2D eigenvalue weighted by molar-refractivity contribution is 5.77. The summed E-state index contributed by atoms with van der Waals surface area (Å²) in [7, 11) is 2.69. The number of esters is 1. The summed E-state index contributed by atoms with van der Waals surface area (Å²) in [5.41, 5.74) is 9.39. The molecule has 2 rings (SSSR count). The van der Waals surface area contributed by atoms with E-state index in [1.807, 2.05) is 0 Å². The lowest BCUT2D eigenvalue weighted by molar-refractivity contribution is -0.140. The van der Waals surface area contributed by atoms with Gasteiger partial charge in [0.1, 0.15) is 5.75 Å². The van der Waals surface area contributed by atoms with Crippen molar-refractivity contribution in [3.05, 3.63) is 63.5 Å². The van der Waals surface area contributed by atoms with E-state index in [1.165, 1.54) is 20.3 Å². The van der Waals surface area contributed by atoms with Gasteiger partial charge in [-0.25, -0.2) is 0 Å². The number of hydrogen-bond donors (Lipinski definition) is 0. The number of methoxy groups -OCH3 is 2. The summed E-state index contributed by atoms with van der Waals surface area (Å²) in [4.78, 5) is 14.1. The van der Waals surface area contributed by atoms with Gasteiger partial charge in [0, 0.05) is 10.5 Å². The Morgan fingerprint density at radius 3 is 2.48 bits per heavy atom. The second-order valence-corrected chi connectivity index (χ2v) is 5.55. The topological polar surface area (TPSA) is 84.3 Å². The highest BCUT2D eigenvalue weighted by Crippen LogP contribution is 2.37. The number of rotatable bonds is 6. The van der Waals surface area contributed by atoms with Crippen molar-refractivity contribution in [3.63, 3.8) is 0 Å². The van der Waals surface area contributed by atoms with Crippen LogP contribution in [0.1, 0.15) is 16.7 Å². The SMILES string of the molecule is COC(=O)Cc1ccc(OC)c(-c2ccc(C(F)(F)F)cc2CN=[N+]=[N-])c1. The van der Waals surface area contributed by atoms with Crippen LogP contribution in [0.15, 0.2) is 41.5 Å². The van der Waals surface area contributed by atoms with Crippen LogP contribution in [0.3, 0.4) is 0 Å². The molecule has 2 aromatic carbocycles. The number of carbonyl (C=O) groups excluding carboxylic acids is 1. The van der Waals surface area contributed by atoms with Gasteiger partial charge in [0.05, 0.1) is 32.7 Å². The van der Waals surface area contributed by atoms with Crippen LogP contribution in [0.2, 0.25) is 0 Å². The van der Waals surface area contributed by atoms with E-state index in [1.54, 1.807) is 18.2 Å². The molecule has 0 aliphatic heterocycles. The van der Waals surface area contributed by atoms with E-state index in [-0.39, 0.29) is 18.5 Å². The van der Waals surface area contributed by atoms with E-state index in [0.717, 1.165) is 12.1 Å². The van der Waals surface area contributed by atoms with Crippen LogP contribution < -0.4 is 4.74 Å². The third-order valence-electron chi connectivity index (χ3n) is 3.87. The van der Waals surface area contributed by atoms with E-state index in [4.69, 9.17) is 10.3 Å². The molecule has 27 heavy (non-hydrogen) atoms. The standard InChI is InChI=1S/C18H16F3N3O3/c1-26-16-6-3-11(8-17(25)27-2)7-15(16)14-5-4-13(18(19,20)21)9-12(14)10-23-24-22/h3-7,9H,8,10H2,1-2H3. The Morgan fingerprint density at radius 2 is 1.89 bits per heavy atom. The number of nitrogens with zero attached hydrogens (tertiary/aromatic N) is 3. The first kappa shape index (κ1) is 20.1. The molecule has 0 radical (unpaired) electrons. The highest BCUT2D eigenvalue weighted by Gasteiger charge is 2.31. The Labute approximate surface area is 153 Å². The van der Waals surface area contributed by atoms with Gasteiger partial charge in [-0.3, -0.25) is 4.79 Å². The van der Waals surface area contributed by atoms with E-state index in [2.05, 4.69) is 14.8 Å². The van der Waals surface area contributed by atoms with Crippen LogP contribution in [0, 0.1) is 0 Å². The van der Waals surface area contributed by atoms with E-state index in [0.29, 0.717) is 22.4 Å². The molecule has 0 heterocycles. The molecule has 0 saturated carbocycles. The van der Waals surface area contributed by atoms with Gasteiger partial charge in [-0.2, -0.15) is 13.2 Å². The molecule has 0 atom stereocenters. The number of halogens is 3. The largest absolute Gasteiger partial charge is 0.496 e. The first-order valence-corrected chi connectivity index (χ1v) is 7.75. The zero-order chi connectivity index (χ0) is 20.0. The van der Waals surface area contributed by atoms with E-state index >= 15 is 0 Å². The van der Waals surface area contributed by atoms with Crippen molar-refractivity contribution >= 4 is 5.97 Å². The Morgan fingerprint density at radius 1 is 1.15 bits per heavy atom. The predicted octanol–water partition coefficient (Wildman–Crippen LogP) is 4.91. The van der Waals surface area contributed by atoms with Crippen molar-refractivity contribution in [2.75, 3.05) is 14.2 Å². The molecule has 9 heteroatoms. The van der Waals surface area contributed by atoms with Crippen molar-refractivity contribution in [2.24, 2.45) is 5.11 Å². The quantitative estimate of drug-likeness (QED) is 0.309. The third kappa shape index (κ3) is 4.92. The molecule has 0 aliphatic rings. The van der Waals surface area contributed by atoms with Crippen LogP contribution in [-0.2, 0) is 28.7 Å². The van der Waals surface area contributed by atoms with Gasteiger partial charge in [-0.1, -0.05) is 17.2 Å². The van der Waals surface area contributed by atoms with Gasteiger partial charge >= 0.3 is 12.1 Å². The van der Waals surface area contributed by atoms with Gasteiger partial charge in [0.25, 0.3) is 0 Å². The van der Waals surface area contributed by atoms with Crippen molar-refractivity contribution in [3.8, 4) is 16.9 Å². The summed E-state index contributed by atoms with van der Waals surface area (Å²) >= 11 is 0. The maximum Gasteiger partial charge on any atom is 0.416 e.